The molecular weight excluding hydrogens is 410 g/mol. The van der Waals surface area contributed by atoms with Gasteiger partial charge in [0.2, 0.25) is 5.89 Å². The maximum atomic E-state index is 5.97. The van der Waals surface area contributed by atoms with Crippen molar-refractivity contribution >= 4 is 0 Å². The first kappa shape index (κ1) is 22.9. The molecule has 1 aliphatic carbocycles. The molecule has 3 heterocycles. The molecule has 0 bridgehead atoms. The van der Waals surface area contributed by atoms with Gasteiger partial charge in [-0.25, -0.2) is 4.98 Å². The zero-order valence-corrected chi connectivity index (χ0v) is 20.7. The Bertz CT molecular complexity index is 900. The van der Waals surface area contributed by atoms with Crippen LogP contribution in [-0.2, 0) is 6.54 Å². The first-order valence-electron chi connectivity index (χ1n) is 13.2. The summed E-state index contributed by atoms with van der Waals surface area (Å²) < 4.78 is 11.8. The van der Waals surface area contributed by atoms with Crippen molar-refractivity contribution < 1.29 is 9.15 Å². The standard InChI is InChI=1S/C28H41N3O2/c1-27(2)13-14-28(22-27)12-6-18-31(28)20-24-21-33-26(29-24)23-8-10-25(11-9-23)32-19-7-17-30-15-4-3-5-16-30/h8-11,21H,3-7,12-20,22H2,1-2H3. The highest BCUT2D eigenvalue weighted by molar-refractivity contribution is 5.54. The smallest absolute Gasteiger partial charge is 0.226 e. The molecule has 5 heteroatoms. The molecule has 1 spiro atoms. The molecule has 2 saturated heterocycles. The third-order valence-electron chi connectivity index (χ3n) is 8.16. The van der Waals surface area contributed by atoms with Crippen LogP contribution >= 0.6 is 0 Å². The molecule has 1 atom stereocenters. The Kier molecular flexibility index (Phi) is 6.80. The van der Waals surface area contributed by atoms with E-state index in [4.69, 9.17) is 14.1 Å². The Labute approximate surface area is 199 Å². The molecule has 33 heavy (non-hydrogen) atoms. The SMILES string of the molecule is CC1(C)CCC2(CCCN2Cc2coc(-c3ccc(OCCCN4CCCCC4)cc3)n2)C1. The van der Waals surface area contributed by atoms with Crippen molar-refractivity contribution in [1.29, 1.82) is 0 Å². The lowest BCUT2D eigenvalue weighted by Crippen LogP contribution is -2.41. The van der Waals surface area contributed by atoms with Gasteiger partial charge in [-0.2, -0.15) is 0 Å². The number of hydrogen-bond donors (Lipinski definition) is 0. The highest BCUT2D eigenvalue weighted by atomic mass is 16.5. The van der Waals surface area contributed by atoms with Crippen molar-refractivity contribution in [2.24, 2.45) is 5.41 Å². The minimum atomic E-state index is 0.385. The van der Waals surface area contributed by atoms with Crippen molar-refractivity contribution in [3.05, 3.63) is 36.2 Å². The topological polar surface area (TPSA) is 41.7 Å². The molecule has 0 N–H and O–H groups in total. The van der Waals surface area contributed by atoms with E-state index in [1.54, 1.807) is 0 Å². The highest BCUT2D eigenvalue weighted by Gasteiger charge is 2.49. The predicted molar refractivity (Wildman–Crippen MR) is 132 cm³/mol. The molecule has 1 unspecified atom stereocenters. The number of likely N-dealkylation sites (tertiary alicyclic amines) is 2. The third-order valence-corrected chi connectivity index (χ3v) is 8.16. The monoisotopic (exact) mass is 451 g/mol. The summed E-state index contributed by atoms with van der Waals surface area (Å²) in [6, 6.07) is 8.20. The minimum absolute atomic E-state index is 0.385. The molecule has 3 aliphatic rings. The van der Waals surface area contributed by atoms with Crippen LogP contribution in [0.3, 0.4) is 0 Å². The number of oxazole rings is 1. The summed E-state index contributed by atoms with van der Waals surface area (Å²) in [5.74, 6) is 1.63. The second kappa shape index (κ2) is 9.79. The molecule has 5 nitrogen and oxygen atoms in total. The average molecular weight is 452 g/mol. The van der Waals surface area contributed by atoms with Gasteiger partial charge in [-0.05, 0) is 101 Å². The molecule has 2 aliphatic heterocycles. The molecule has 1 aromatic carbocycles. The van der Waals surface area contributed by atoms with Crippen molar-refractivity contribution in [3.63, 3.8) is 0 Å². The first-order chi connectivity index (χ1) is 16.0. The van der Waals surface area contributed by atoms with Crippen LogP contribution in [-0.4, -0.2) is 53.1 Å². The third kappa shape index (κ3) is 5.46. The van der Waals surface area contributed by atoms with Gasteiger partial charge in [0.1, 0.15) is 12.0 Å². The molecule has 1 saturated carbocycles. The van der Waals surface area contributed by atoms with Crippen molar-refractivity contribution in [2.75, 3.05) is 32.8 Å². The van der Waals surface area contributed by atoms with E-state index in [0.29, 0.717) is 16.8 Å². The van der Waals surface area contributed by atoms with E-state index in [0.717, 1.165) is 43.1 Å². The molecular formula is C28H41N3O2. The van der Waals surface area contributed by atoms with Gasteiger partial charge >= 0.3 is 0 Å². The molecule has 1 aromatic heterocycles. The van der Waals surface area contributed by atoms with Gasteiger partial charge in [-0.3, -0.25) is 4.90 Å². The lowest BCUT2D eigenvalue weighted by molar-refractivity contribution is 0.120. The first-order valence-corrected chi connectivity index (χ1v) is 13.2. The Morgan fingerprint density at radius 2 is 1.79 bits per heavy atom. The average Bonchev–Trinajstić information content (AvgIpc) is 3.52. The van der Waals surface area contributed by atoms with Crippen LogP contribution in [0.4, 0.5) is 0 Å². The molecule has 5 rings (SSSR count). The van der Waals surface area contributed by atoms with Gasteiger partial charge in [-0.1, -0.05) is 20.3 Å². The highest BCUT2D eigenvalue weighted by Crippen LogP contribution is 2.51. The number of hydrogen-bond acceptors (Lipinski definition) is 5. The quantitative estimate of drug-likeness (QED) is 0.451. The maximum Gasteiger partial charge on any atom is 0.226 e. The van der Waals surface area contributed by atoms with E-state index in [1.165, 1.54) is 71.0 Å². The lowest BCUT2D eigenvalue weighted by atomic mass is 9.86. The van der Waals surface area contributed by atoms with Crippen LogP contribution in [0.25, 0.3) is 11.5 Å². The van der Waals surface area contributed by atoms with Gasteiger partial charge in [0.25, 0.3) is 0 Å². The summed E-state index contributed by atoms with van der Waals surface area (Å²) in [6.45, 7) is 11.4. The molecule has 3 fully saturated rings. The second-order valence-electron chi connectivity index (χ2n) is 11.4. The Hall–Kier alpha value is -1.85. The van der Waals surface area contributed by atoms with Crippen LogP contribution in [0.5, 0.6) is 5.75 Å². The van der Waals surface area contributed by atoms with Gasteiger partial charge in [0.05, 0.1) is 12.3 Å². The predicted octanol–water partition coefficient (Wildman–Crippen LogP) is 6.14. The number of nitrogens with zero attached hydrogens (tertiary/aromatic N) is 3. The summed E-state index contributed by atoms with van der Waals surface area (Å²) in [5, 5.41) is 0. The number of aromatic nitrogens is 1. The van der Waals surface area contributed by atoms with Crippen LogP contribution in [0, 0.1) is 5.41 Å². The summed E-state index contributed by atoms with van der Waals surface area (Å²) in [7, 11) is 0. The fourth-order valence-electron chi connectivity index (χ4n) is 6.43. The van der Waals surface area contributed by atoms with Crippen LogP contribution in [0.2, 0.25) is 0 Å². The number of rotatable bonds is 8. The maximum absolute atomic E-state index is 5.97. The summed E-state index contributed by atoms with van der Waals surface area (Å²) in [6.07, 6.45) is 13.6. The summed E-state index contributed by atoms with van der Waals surface area (Å²) in [4.78, 5) is 10.1. The fraction of sp³-hybridized carbons (Fsp3) is 0.679. The number of benzene rings is 1. The van der Waals surface area contributed by atoms with E-state index in [9.17, 15) is 0 Å². The van der Waals surface area contributed by atoms with Crippen molar-refractivity contribution in [1.82, 2.24) is 14.8 Å². The summed E-state index contributed by atoms with van der Waals surface area (Å²) >= 11 is 0. The number of piperidine rings is 1. The zero-order valence-electron chi connectivity index (χ0n) is 20.7. The van der Waals surface area contributed by atoms with Gasteiger partial charge in [0.15, 0.2) is 0 Å². The Morgan fingerprint density at radius 1 is 0.970 bits per heavy atom. The molecule has 0 amide bonds. The van der Waals surface area contributed by atoms with E-state index in [1.807, 2.05) is 18.4 Å². The Balaban J connectivity index is 1.12. The molecule has 2 aromatic rings. The van der Waals surface area contributed by atoms with Crippen LogP contribution in [0.1, 0.15) is 77.3 Å². The molecule has 0 radical (unpaired) electrons. The van der Waals surface area contributed by atoms with Crippen molar-refractivity contribution in [3.8, 4) is 17.2 Å². The Morgan fingerprint density at radius 3 is 2.55 bits per heavy atom. The summed E-state index contributed by atoms with van der Waals surface area (Å²) in [5.41, 5.74) is 2.92. The zero-order chi connectivity index (χ0) is 22.7. The lowest BCUT2D eigenvalue weighted by Gasteiger charge is -2.36. The number of ether oxygens (including phenoxy) is 1. The second-order valence-corrected chi connectivity index (χ2v) is 11.4. The van der Waals surface area contributed by atoms with Gasteiger partial charge < -0.3 is 14.1 Å². The minimum Gasteiger partial charge on any atom is -0.494 e. The van der Waals surface area contributed by atoms with Gasteiger partial charge in [-0.15, -0.1) is 0 Å². The van der Waals surface area contributed by atoms with Gasteiger partial charge in [0, 0.05) is 24.2 Å². The van der Waals surface area contributed by atoms with Crippen LogP contribution in [0.15, 0.2) is 34.9 Å². The normalized spacial score (nSPS) is 25.8. The fourth-order valence-corrected chi connectivity index (χ4v) is 6.43. The largest absolute Gasteiger partial charge is 0.494 e. The van der Waals surface area contributed by atoms with E-state index < -0.39 is 0 Å². The van der Waals surface area contributed by atoms with E-state index in [-0.39, 0.29) is 0 Å². The van der Waals surface area contributed by atoms with Crippen molar-refractivity contribution in [2.45, 2.75) is 83.7 Å². The van der Waals surface area contributed by atoms with Crippen LogP contribution < -0.4 is 4.74 Å². The molecule has 180 valence electrons. The van der Waals surface area contributed by atoms with E-state index in [2.05, 4.69) is 35.8 Å². The van der Waals surface area contributed by atoms with E-state index >= 15 is 0 Å².